The molecule has 0 aromatic rings. The second kappa shape index (κ2) is 8.30. The fourth-order valence-corrected chi connectivity index (χ4v) is 4.22. The van der Waals surface area contributed by atoms with Crippen molar-refractivity contribution in [2.45, 2.75) is 24.7 Å². The van der Waals surface area contributed by atoms with Crippen LogP contribution in [0.3, 0.4) is 0 Å². The molecule has 2 aliphatic rings. The molecular weight excluding hydrogens is 431 g/mol. The lowest BCUT2D eigenvalue weighted by Crippen LogP contribution is -2.58. The number of nitrogens with one attached hydrogen (secondary N) is 1. The first-order valence-electron chi connectivity index (χ1n) is 7.73. The maximum Gasteiger partial charge on any atom is 0.193 e. The SMILES string of the molecule is CN=C(NCC1CN(C)CCO1)N1CCS(=O)(=O)C(C)(C)C1.I. The van der Waals surface area contributed by atoms with Crippen LogP contribution in [0.15, 0.2) is 4.99 Å². The van der Waals surface area contributed by atoms with Gasteiger partial charge in [-0.15, -0.1) is 24.0 Å². The average molecular weight is 460 g/mol. The first-order chi connectivity index (χ1) is 10.2. The van der Waals surface area contributed by atoms with E-state index in [0.29, 0.717) is 19.6 Å². The van der Waals surface area contributed by atoms with Crippen molar-refractivity contribution in [2.24, 2.45) is 4.99 Å². The van der Waals surface area contributed by atoms with Gasteiger partial charge in [0.15, 0.2) is 15.8 Å². The fraction of sp³-hybridized carbons (Fsp3) is 0.929. The minimum atomic E-state index is -3.03. The first kappa shape index (κ1) is 20.9. The van der Waals surface area contributed by atoms with Gasteiger partial charge in [0, 0.05) is 39.8 Å². The second-order valence-electron chi connectivity index (χ2n) is 6.68. The highest BCUT2D eigenvalue weighted by atomic mass is 127. The summed E-state index contributed by atoms with van der Waals surface area (Å²) in [6.45, 7) is 7.78. The molecule has 2 fully saturated rings. The van der Waals surface area contributed by atoms with Gasteiger partial charge in [0.2, 0.25) is 0 Å². The molecule has 2 heterocycles. The molecule has 0 radical (unpaired) electrons. The summed E-state index contributed by atoms with van der Waals surface area (Å²) in [4.78, 5) is 8.56. The van der Waals surface area contributed by atoms with Crippen LogP contribution >= 0.6 is 24.0 Å². The topological polar surface area (TPSA) is 74.2 Å². The van der Waals surface area contributed by atoms with Gasteiger partial charge in [-0.2, -0.15) is 0 Å². The highest BCUT2D eigenvalue weighted by Gasteiger charge is 2.41. The zero-order chi connectivity index (χ0) is 16.4. The Hall–Kier alpha value is -0.130. The van der Waals surface area contributed by atoms with Crippen molar-refractivity contribution >= 4 is 39.8 Å². The molecule has 0 aromatic heterocycles. The number of rotatable bonds is 2. The maximum atomic E-state index is 12.1. The number of hydrogen-bond acceptors (Lipinski definition) is 5. The standard InChI is InChI=1S/C14H28N4O3S.HI/c1-14(2)11-18(6-8-22(14,19)20)13(15-3)16-9-12-10-17(4)5-7-21-12;/h12H,5-11H2,1-4H3,(H,15,16);1H. The number of guanidine groups is 1. The van der Waals surface area contributed by atoms with Crippen LogP contribution in [0.5, 0.6) is 0 Å². The van der Waals surface area contributed by atoms with Crippen LogP contribution in [0, 0.1) is 0 Å². The Morgan fingerprint density at radius 1 is 1.39 bits per heavy atom. The third-order valence-electron chi connectivity index (χ3n) is 4.38. The number of hydrogen-bond donors (Lipinski definition) is 1. The molecule has 0 bridgehead atoms. The van der Waals surface area contributed by atoms with Gasteiger partial charge in [0.25, 0.3) is 0 Å². The van der Waals surface area contributed by atoms with Crippen LogP contribution < -0.4 is 5.32 Å². The molecule has 2 rings (SSSR count). The van der Waals surface area contributed by atoms with E-state index in [4.69, 9.17) is 4.74 Å². The van der Waals surface area contributed by atoms with Crippen molar-refractivity contribution in [1.29, 1.82) is 0 Å². The molecule has 2 aliphatic heterocycles. The van der Waals surface area contributed by atoms with Crippen molar-refractivity contribution < 1.29 is 13.2 Å². The Bertz CT molecular complexity index is 524. The van der Waals surface area contributed by atoms with E-state index in [9.17, 15) is 8.42 Å². The van der Waals surface area contributed by atoms with Crippen molar-refractivity contribution in [1.82, 2.24) is 15.1 Å². The molecule has 23 heavy (non-hydrogen) atoms. The van der Waals surface area contributed by atoms with Crippen LogP contribution in [-0.2, 0) is 14.6 Å². The van der Waals surface area contributed by atoms with E-state index in [1.807, 2.05) is 4.90 Å². The molecule has 0 spiro atoms. The summed E-state index contributed by atoms with van der Waals surface area (Å²) in [5.41, 5.74) is 0. The molecular formula is C14H29IN4O3S. The zero-order valence-electron chi connectivity index (χ0n) is 14.4. The number of ether oxygens (including phenoxy) is 1. The molecule has 9 heteroatoms. The van der Waals surface area contributed by atoms with E-state index < -0.39 is 14.6 Å². The molecule has 0 aromatic carbocycles. The Balaban J connectivity index is 0.00000264. The van der Waals surface area contributed by atoms with E-state index in [1.165, 1.54) is 0 Å². The molecule has 0 aliphatic carbocycles. The molecule has 1 N–H and O–H groups in total. The summed E-state index contributed by atoms with van der Waals surface area (Å²) in [7, 11) is 0.780. The minimum Gasteiger partial charge on any atom is -0.374 e. The van der Waals surface area contributed by atoms with Crippen LogP contribution in [0.1, 0.15) is 13.8 Å². The molecule has 0 amide bonds. The molecule has 7 nitrogen and oxygen atoms in total. The lowest BCUT2D eigenvalue weighted by Gasteiger charge is -2.39. The van der Waals surface area contributed by atoms with Gasteiger partial charge in [-0.05, 0) is 20.9 Å². The van der Waals surface area contributed by atoms with Gasteiger partial charge in [-0.3, -0.25) is 4.99 Å². The van der Waals surface area contributed by atoms with Gasteiger partial charge >= 0.3 is 0 Å². The number of nitrogens with zero attached hydrogens (tertiary/aromatic N) is 3. The Morgan fingerprint density at radius 3 is 2.65 bits per heavy atom. The summed E-state index contributed by atoms with van der Waals surface area (Å²) >= 11 is 0. The van der Waals surface area contributed by atoms with E-state index in [0.717, 1.165) is 25.7 Å². The van der Waals surface area contributed by atoms with Crippen LogP contribution in [0.2, 0.25) is 0 Å². The molecule has 1 unspecified atom stereocenters. The van der Waals surface area contributed by atoms with Gasteiger partial charge in [0.1, 0.15) is 0 Å². The van der Waals surface area contributed by atoms with E-state index >= 15 is 0 Å². The summed E-state index contributed by atoms with van der Waals surface area (Å²) in [5.74, 6) is 0.920. The lowest BCUT2D eigenvalue weighted by molar-refractivity contribution is -0.0163. The van der Waals surface area contributed by atoms with Crippen molar-refractivity contribution in [3.63, 3.8) is 0 Å². The molecule has 1 atom stereocenters. The van der Waals surface area contributed by atoms with Gasteiger partial charge in [-0.1, -0.05) is 0 Å². The highest BCUT2D eigenvalue weighted by Crippen LogP contribution is 2.23. The third kappa shape index (κ3) is 5.17. The average Bonchev–Trinajstić information content (AvgIpc) is 2.43. The van der Waals surface area contributed by atoms with Crippen molar-refractivity contribution in [3.8, 4) is 0 Å². The smallest absolute Gasteiger partial charge is 0.193 e. The monoisotopic (exact) mass is 460 g/mol. The van der Waals surface area contributed by atoms with E-state index in [2.05, 4.69) is 22.3 Å². The predicted octanol–water partition coefficient (Wildman–Crippen LogP) is 0.0194. The summed E-state index contributed by atoms with van der Waals surface area (Å²) in [5, 5.41) is 3.32. The third-order valence-corrected chi connectivity index (χ3v) is 6.92. The minimum absolute atomic E-state index is 0. The Kier molecular flexibility index (Phi) is 7.55. The summed E-state index contributed by atoms with van der Waals surface area (Å²) in [6, 6.07) is 0. The van der Waals surface area contributed by atoms with Crippen molar-refractivity contribution in [3.05, 3.63) is 0 Å². The summed E-state index contributed by atoms with van der Waals surface area (Å²) < 4.78 is 29.2. The number of likely N-dealkylation sites (N-methyl/N-ethyl adjacent to an activating group) is 1. The Labute approximate surface area is 156 Å². The van der Waals surface area contributed by atoms with Gasteiger partial charge < -0.3 is 19.9 Å². The normalized spacial score (nSPS) is 28.1. The number of sulfone groups is 1. The fourth-order valence-electron chi connectivity index (χ4n) is 2.85. The van der Waals surface area contributed by atoms with E-state index in [1.54, 1.807) is 20.9 Å². The number of aliphatic imine (C=N–C) groups is 1. The van der Waals surface area contributed by atoms with Crippen LogP contribution in [0.25, 0.3) is 0 Å². The number of morpholine rings is 1. The van der Waals surface area contributed by atoms with Gasteiger partial charge in [-0.25, -0.2) is 8.42 Å². The lowest BCUT2D eigenvalue weighted by atomic mass is 10.2. The van der Waals surface area contributed by atoms with Crippen LogP contribution in [0.4, 0.5) is 0 Å². The maximum absolute atomic E-state index is 12.1. The highest BCUT2D eigenvalue weighted by molar-refractivity contribution is 14.0. The molecule has 2 saturated heterocycles. The number of halogens is 1. The Morgan fingerprint density at radius 2 is 2.09 bits per heavy atom. The van der Waals surface area contributed by atoms with Crippen LogP contribution in [-0.4, -0.2) is 94.2 Å². The van der Waals surface area contributed by atoms with Crippen molar-refractivity contribution in [2.75, 3.05) is 59.2 Å². The summed E-state index contributed by atoms with van der Waals surface area (Å²) in [6.07, 6.45) is 0.136. The largest absolute Gasteiger partial charge is 0.374 e. The predicted molar refractivity (Wildman–Crippen MR) is 103 cm³/mol. The van der Waals surface area contributed by atoms with E-state index in [-0.39, 0.29) is 35.8 Å². The zero-order valence-corrected chi connectivity index (χ0v) is 17.6. The second-order valence-corrected chi connectivity index (χ2v) is 9.43. The van der Waals surface area contributed by atoms with Gasteiger partial charge in [0.05, 0.1) is 23.2 Å². The quantitative estimate of drug-likeness (QED) is 0.356. The molecule has 136 valence electrons. The first-order valence-corrected chi connectivity index (χ1v) is 9.38. The molecule has 0 saturated carbocycles.